The monoisotopic (exact) mass is 465 g/mol. The van der Waals surface area contributed by atoms with Gasteiger partial charge in [-0.25, -0.2) is 4.99 Å². The molecule has 1 atom stereocenters. The minimum atomic E-state index is -0.397. The summed E-state index contributed by atoms with van der Waals surface area (Å²) >= 11 is 6.11. The molecule has 1 amide bonds. The van der Waals surface area contributed by atoms with Gasteiger partial charge in [-0.15, -0.1) is 0 Å². The van der Waals surface area contributed by atoms with E-state index in [9.17, 15) is 4.79 Å². The molecule has 33 heavy (non-hydrogen) atoms. The highest BCUT2D eigenvalue weighted by molar-refractivity contribution is 6.30. The average molecular weight is 466 g/mol. The number of carbonyl (C=O) groups is 1. The molecule has 174 valence electrons. The number of aliphatic imine (C=N–C) groups is 1. The number of amidine groups is 1. The molecule has 0 aliphatic carbocycles. The van der Waals surface area contributed by atoms with Crippen LogP contribution in [-0.2, 0) is 24.3 Å². The van der Waals surface area contributed by atoms with Crippen molar-refractivity contribution >= 4 is 23.8 Å². The van der Waals surface area contributed by atoms with Crippen LogP contribution in [0.25, 0.3) is 0 Å². The zero-order chi connectivity index (χ0) is 24.0. The number of amides is 1. The Morgan fingerprint density at radius 3 is 2.48 bits per heavy atom. The smallest absolute Gasteiger partial charge is 0.211 e. The summed E-state index contributed by atoms with van der Waals surface area (Å²) in [5.41, 5.74) is 5.27. The van der Waals surface area contributed by atoms with Gasteiger partial charge in [0, 0.05) is 45.7 Å². The normalized spacial score (nSPS) is 15.5. The molecule has 0 saturated carbocycles. The van der Waals surface area contributed by atoms with E-state index < -0.39 is 6.17 Å². The predicted molar refractivity (Wildman–Crippen MR) is 136 cm³/mol. The molecule has 0 spiro atoms. The van der Waals surface area contributed by atoms with Crippen LogP contribution in [0.1, 0.15) is 16.7 Å². The van der Waals surface area contributed by atoms with E-state index in [1.807, 2.05) is 56.4 Å². The number of likely N-dealkylation sites (N-methyl/N-ethyl adjacent to an activating group) is 2. The van der Waals surface area contributed by atoms with Crippen LogP contribution in [0.2, 0.25) is 5.02 Å². The van der Waals surface area contributed by atoms with E-state index in [0.717, 1.165) is 41.3 Å². The van der Waals surface area contributed by atoms with Crippen molar-refractivity contribution < 1.29 is 4.79 Å². The number of rotatable bonds is 10. The average Bonchev–Trinajstić information content (AvgIpc) is 2.80. The number of nitrogens with zero attached hydrogens (tertiary/aromatic N) is 4. The van der Waals surface area contributed by atoms with Crippen molar-refractivity contribution in [1.29, 1.82) is 0 Å². The zero-order valence-corrected chi connectivity index (χ0v) is 20.5. The van der Waals surface area contributed by atoms with Crippen LogP contribution in [0.5, 0.6) is 0 Å². The second-order valence-electron chi connectivity index (χ2n) is 8.36. The fourth-order valence-corrected chi connectivity index (χ4v) is 3.83. The van der Waals surface area contributed by atoms with Gasteiger partial charge in [0.25, 0.3) is 0 Å². The second-order valence-corrected chi connectivity index (χ2v) is 8.80. The van der Waals surface area contributed by atoms with Gasteiger partial charge in [-0.2, -0.15) is 0 Å². The van der Waals surface area contributed by atoms with Gasteiger partial charge in [0.1, 0.15) is 12.0 Å². The van der Waals surface area contributed by atoms with Crippen molar-refractivity contribution in [2.75, 3.05) is 28.2 Å². The number of hydrogen-bond acceptors (Lipinski definition) is 5. The van der Waals surface area contributed by atoms with Gasteiger partial charge >= 0.3 is 0 Å². The molecule has 0 radical (unpaired) electrons. The Hall–Kier alpha value is -3.09. The maximum Gasteiger partial charge on any atom is 0.211 e. The lowest BCUT2D eigenvalue weighted by atomic mass is 10.0. The number of benzene rings is 2. The van der Waals surface area contributed by atoms with Crippen molar-refractivity contribution in [3.63, 3.8) is 0 Å². The van der Waals surface area contributed by atoms with Crippen LogP contribution >= 0.6 is 11.6 Å². The third kappa shape index (κ3) is 6.24. The molecule has 0 aromatic heterocycles. The molecule has 1 aliphatic heterocycles. The molecule has 1 aliphatic rings. The third-order valence-electron chi connectivity index (χ3n) is 5.60. The second kappa shape index (κ2) is 11.2. The molecule has 1 heterocycles. The van der Waals surface area contributed by atoms with Crippen molar-refractivity contribution in [3.8, 4) is 0 Å². The summed E-state index contributed by atoms with van der Waals surface area (Å²) < 4.78 is 0. The maximum absolute atomic E-state index is 11.6. The van der Waals surface area contributed by atoms with Crippen LogP contribution in [0.15, 0.2) is 77.6 Å². The standard InChI is InChI=1S/C26H32ClN5O/c1-19(30(3)4)24-15-25(31(5)18-33)29-26(14-21-7-6-8-22(13-21)16-28-2)32(24)17-20-9-11-23(27)12-10-20/h6-13,15,18,25,28H,1,14,16-17H2,2-5H3. The maximum atomic E-state index is 11.6. The highest BCUT2D eigenvalue weighted by Gasteiger charge is 2.28. The Morgan fingerprint density at radius 1 is 1.15 bits per heavy atom. The molecule has 2 aromatic carbocycles. The Bertz CT molecular complexity index is 1040. The number of carbonyl (C=O) groups excluding carboxylic acids is 1. The van der Waals surface area contributed by atoms with E-state index in [1.165, 1.54) is 5.56 Å². The quantitative estimate of drug-likeness (QED) is 0.541. The van der Waals surface area contributed by atoms with Crippen molar-refractivity contribution in [1.82, 2.24) is 20.0 Å². The Morgan fingerprint density at radius 2 is 1.85 bits per heavy atom. The molecule has 3 rings (SSSR count). The highest BCUT2D eigenvalue weighted by Crippen LogP contribution is 2.27. The molecule has 1 N–H and O–H groups in total. The largest absolute Gasteiger partial charge is 0.376 e. The molecule has 2 aromatic rings. The summed E-state index contributed by atoms with van der Waals surface area (Å²) in [5, 5.41) is 3.90. The first-order chi connectivity index (χ1) is 15.8. The minimum absolute atomic E-state index is 0.397. The molecule has 6 nitrogen and oxygen atoms in total. The summed E-state index contributed by atoms with van der Waals surface area (Å²) in [4.78, 5) is 22.3. The van der Waals surface area contributed by atoms with Gasteiger partial charge < -0.3 is 20.0 Å². The van der Waals surface area contributed by atoms with E-state index in [0.29, 0.717) is 18.0 Å². The van der Waals surface area contributed by atoms with Crippen LogP contribution in [0, 0.1) is 0 Å². The number of hydrogen-bond donors (Lipinski definition) is 1. The zero-order valence-electron chi connectivity index (χ0n) is 19.8. The first-order valence-corrected chi connectivity index (χ1v) is 11.3. The highest BCUT2D eigenvalue weighted by atomic mass is 35.5. The number of nitrogens with one attached hydrogen (secondary N) is 1. The Kier molecular flexibility index (Phi) is 8.31. The van der Waals surface area contributed by atoms with Gasteiger partial charge in [-0.1, -0.05) is 54.6 Å². The van der Waals surface area contributed by atoms with Crippen LogP contribution < -0.4 is 5.32 Å². The van der Waals surface area contributed by atoms with Crippen LogP contribution in [0.3, 0.4) is 0 Å². The molecular formula is C26H32ClN5O. The van der Waals surface area contributed by atoms with Gasteiger partial charge in [0.2, 0.25) is 6.41 Å². The van der Waals surface area contributed by atoms with Gasteiger partial charge in [0.05, 0.1) is 11.4 Å². The van der Waals surface area contributed by atoms with Crippen molar-refractivity contribution in [2.24, 2.45) is 4.99 Å². The van der Waals surface area contributed by atoms with Gasteiger partial charge in [0.15, 0.2) is 0 Å². The molecule has 0 saturated heterocycles. The lowest BCUT2D eigenvalue weighted by Gasteiger charge is -2.37. The fourth-order valence-electron chi connectivity index (χ4n) is 3.71. The molecule has 7 heteroatoms. The van der Waals surface area contributed by atoms with Gasteiger partial charge in [-0.05, 0) is 41.9 Å². The van der Waals surface area contributed by atoms with E-state index in [-0.39, 0.29) is 0 Å². The third-order valence-corrected chi connectivity index (χ3v) is 5.85. The van der Waals surface area contributed by atoms with E-state index in [1.54, 1.807) is 11.9 Å². The van der Waals surface area contributed by atoms with E-state index in [2.05, 4.69) is 41.1 Å². The predicted octanol–water partition coefficient (Wildman–Crippen LogP) is 3.89. The van der Waals surface area contributed by atoms with Crippen LogP contribution in [0.4, 0.5) is 0 Å². The Labute approximate surface area is 201 Å². The number of halogens is 1. The Balaban J connectivity index is 2.03. The first kappa shape index (κ1) is 24.6. The molecule has 0 bridgehead atoms. The summed E-state index contributed by atoms with van der Waals surface area (Å²) in [7, 11) is 7.62. The molecule has 1 unspecified atom stereocenters. The first-order valence-electron chi connectivity index (χ1n) is 10.9. The topological polar surface area (TPSA) is 51.2 Å². The summed E-state index contributed by atoms with van der Waals surface area (Å²) in [6.07, 6.45) is 3.03. The fraction of sp³-hybridized carbons (Fsp3) is 0.308. The van der Waals surface area contributed by atoms with Crippen molar-refractivity contribution in [2.45, 2.75) is 25.7 Å². The lowest BCUT2D eigenvalue weighted by Crippen LogP contribution is -2.42. The lowest BCUT2D eigenvalue weighted by molar-refractivity contribution is -0.118. The summed E-state index contributed by atoms with van der Waals surface area (Å²) in [5.74, 6) is 0.880. The summed E-state index contributed by atoms with van der Waals surface area (Å²) in [6, 6.07) is 16.3. The minimum Gasteiger partial charge on any atom is -0.376 e. The van der Waals surface area contributed by atoms with E-state index >= 15 is 0 Å². The van der Waals surface area contributed by atoms with Gasteiger partial charge in [-0.3, -0.25) is 4.79 Å². The SMILES string of the molecule is C=C(C1=CC(N(C)C=O)N=C(Cc2cccc(CNC)c2)N1Cc1ccc(Cl)cc1)N(C)C. The summed E-state index contributed by atoms with van der Waals surface area (Å²) in [6.45, 7) is 5.72. The molecule has 0 fully saturated rings. The van der Waals surface area contributed by atoms with Crippen molar-refractivity contribution in [3.05, 3.63) is 94.3 Å². The van der Waals surface area contributed by atoms with E-state index in [4.69, 9.17) is 16.6 Å². The van der Waals surface area contributed by atoms with Crippen LogP contribution in [-0.4, -0.2) is 61.3 Å². The molecular weight excluding hydrogens is 434 g/mol.